The van der Waals surface area contributed by atoms with Crippen molar-refractivity contribution in [3.8, 4) is 0 Å². The van der Waals surface area contributed by atoms with E-state index in [1.807, 2.05) is 53.4 Å². The molecule has 2 aromatic rings. The summed E-state index contributed by atoms with van der Waals surface area (Å²) in [6.07, 6.45) is 5.79. The third kappa shape index (κ3) is 11.0. The van der Waals surface area contributed by atoms with E-state index in [0.29, 0.717) is 58.3 Å². The van der Waals surface area contributed by atoms with Crippen molar-refractivity contribution in [3.05, 3.63) is 71.8 Å². The van der Waals surface area contributed by atoms with Crippen molar-refractivity contribution in [1.29, 1.82) is 0 Å². The summed E-state index contributed by atoms with van der Waals surface area (Å²) in [6.45, 7) is 2.59. The van der Waals surface area contributed by atoms with E-state index >= 15 is 0 Å². The molecule has 216 valence electrons. The third-order valence-electron chi connectivity index (χ3n) is 7.69. The molecule has 0 atom stereocenters. The van der Waals surface area contributed by atoms with Gasteiger partial charge in [0.15, 0.2) is 0 Å². The quantitative estimate of drug-likeness (QED) is 0.278. The molecule has 9 nitrogen and oxygen atoms in total. The van der Waals surface area contributed by atoms with Crippen molar-refractivity contribution in [1.82, 2.24) is 9.80 Å². The summed E-state index contributed by atoms with van der Waals surface area (Å²) < 4.78 is 5.23. The number of unbranched alkanes of at least 4 members (excludes halogenated alkanes) is 1. The van der Waals surface area contributed by atoms with Crippen LogP contribution < -0.4 is 0 Å². The lowest BCUT2D eigenvalue weighted by molar-refractivity contribution is -0.132. The number of rotatable bonds is 9. The molecule has 0 radical (unpaired) electrons. The first-order valence-corrected chi connectivity index (χ1v) is 14.3. The molecule has 2 heterocycles. The summed E-state index contributed by atoms with van der Waals surface area (Å²) in [5.74, 6) is -0.0146. The van der Waals surface area contributed by atoms with Gasteiger partial charge in [0.25, 0.3) is 0 Å². The molecule has 2 aliphatic heterocycles. The Kier molecular flexibility index (Phi) is 13.5. The minimum atomic E-state index is -1.29. The van der Waals surface area contributed by atoms with Gasteiger partial charge in [0.2, 0.25) is 5.91 Å². The SMILES string of the molecule is O=C(CCCCc1ccccc1)N1CCC(B(O)O)CC1.O=C(OCc1ccccc1)N1CCC(B(O)O)CC1. The van der Waals surface area contributed by atoms with E-state index in [1.165, 1.54) is 5.56 Å². The fourth-order valence-electron chi connectivity index (χ4n) is 5.05. The number of benzene rings is 2. The lowest BCUT2D eigenvalue weighted by Gasteiger charge is -2.31. The van der Waals surface area contributed by atoms with Crippen LogP contribution in [0.5, 0.6) is 0 Å². The van der Waals surface area contributed by atoms with Gasteiger partial charge in [-0.25, -0.2) is 4.79 Å². The van der Waals surface area contributed by atoms with Crippen LogP contribution in [0.3, 0.4) is 0 Å². The van der Waals surface area contributed by atoms with Gasteiger partial charge in [-0.05, 0) is 67.7 Å². The molecular formula is C29H42B2N2O7. The lowest BCUT2D eigenvalue weighted by atomic mass is 9.67. The van der Waals surface area contributed by atoms with Gasteiger partial charge in [-0.15, -0.1) is 0 Å². The first kappa shape index (κ1) is 31.7. The van der Waals surface area contributed by atoms with Crippen molar-refractivity contribution < 1.29 is 34.4 Å². The van der Waals surface area contributed by atoms with E-state index < -0.39 is 14.2 Å². The summed E-state index contributed by atoms with van der Waals surface area (Å²) >= 11 is 0. The van der Waals surface area contributed by atoms with Gasteiger partial charge in [-0.1, -0.05) is 60.7 Å². The summed E-state index contributed by atoms with van der Waals surface area (Å²) in [6, 6.07) is 19.9. The van der Waals surface area contributed by atoms with Crippen LogP contribution in [-0.4, -0.2) is 82.3 Å². The van der Waals surface area contributed by atoms with Crippen LogP contribution in [0.25, 0.3) is 0 Å². The molecule has 0 aliphatic carbocycles. The van der Waals surface area contributed by atoms with Gasteiger partial charge in [0, 0.05) is 32.6 Å². The second kappa shape index (κ2) is 17.1. The molecule has 4 N–H and O–H groups in total. The van der Waals surface area contributed by atoms with Gasteiger partial charge in [-0.2, -0.15) is 0 Å². The van der Waals surface area contributed by atoms with Crippen LogP contribution in [0.15, 0.2) is 60.7 Å². The number of nitrogens with zero attached hydrogens (tertiary/aromatic N) is 2. The van der Waals surface area contributed by atoms with E-state index in [9.17, 15) is 9.59 Å². The van der Waals surface area contributed by atoms with Crippen molar-refractivity contribution in [2.45, 2.75) is 69.6 Å². The van der Waals surface area contributed by atoms with Crippen molar-refractivity contribution >= 4 is 26.2 Å². The molecule has 0 saturated carbocycles. The average Bonchev–Trinajstić information content (AvgIpc) is 2.99. The van der Waals surface area contributed by atoms with Crippen LogP contribution >= 0.6 is 0 Å². The highest BCUT2D eigenvalue weighted by atomic mass is 16.6. The summed E-state index contributed by atoms with van der Waals surface area (Å²) in [7, 11) is -2.53. The van der Waals surface area contributed by atoms with Crippen LogP contribution in [0, 0.1) is 0 Å². The summed E-state index contributed by atoms with van der Waals surface area (Å²) in [5, 5.41) is 36.4. The maximum Gasteiger partial charge on any atom is 0.454 e. The lowest BCUT2D eigenvalue weighted by Crippen LogP contribution is -2.40. The molecule has 2 aromatic carbocycles. The predicted octanol–water partition coefficient (Wildman–Crippen LogP) is 3.13. The Labute approximate surface area is 238 Å². The molecule has 0 aromatic heterocycles. The Morgan fingerprint density at radius 2 is 1.18 bits per heavy atom. The highest BCUT2D eigenvalue weighted by Gasteiger charge is 2.31. The van der Waals surface area contributed by atoms with Crippen LogP contribution in [0.4, 0.5) is 4.79 Å². The third-order valence-corrected chi connectivity index (χ3v) is 7.69. The Hall–Kier alpha value is -2.85. The number of hydrogen-bond acceptors (Lipinski definition) is 7. The number of piperidine rings is 2. The molecule has 4 rings (SSSR count). The van der Waals surface area contributed by atoms with E-state index in [2.05, 4.69) is 12.1 Å². The Balaban J connectivity index is 0.000000222. The number of likely N-dealkylation sites (tertiary alicyclic amines) is 2. The second-order valence-electron chi connectivity index (χ2n) is 10.6. The fourth-order valence-corrected chi connectivity index (χ4v) is 5.05. The summed E-state index contributed by atoms with van der Waals surface area (Å²) in [4.78, 5) is 27.4. The molecule has 40 heavy (non-hydrogen) atoms. The molecule has 2 amide bonds. The number of carbonyl (C=O) groups is 2. The Morgan fingerprint density at radius 3 is 1.68 bits per heavy atom. The molecule has 2 fully saturated rings. The first-order chi connectivity index (χ1) is 19.3. The fraction of sp³-hybridized carbons (Fsp3) is 0.517. The van der Waals surface area contributed by atoms with E-state index in [4.69, 9.17) is 24.8 Å². The zero-order chi connectivity index (χ0) is 28.7. The molecule has 11 heteroatoms. The van der Waals surface area contributed by atoms with Crippen molar-refractivity contribution in [2.75, 3.05) is 26.2 Å². The van der Waals surface area contributed by atoms with Gasteiger partial charge < -0.3 is 34.6 Å². The van der Waals surface area contributed by atoms with E-state index in [0.717, 1.165) is 24.8 Å². The molecule has 2 saturated heterocycles. The van der Waals surface area contributed by atoms with Gasteiger partial charge in [-0.3, -0.25) is 4.79 Å². The topological polar surface area (TPSA) is 131 Å². The molecule has 2 aliphatic rings. The zero-order valence-electron chi connectivity index (χ0n) is 23.2. The molecule has 0 unspecified atom stereocenters. The maximum absolute atomic E-state index is 12.1. The van der Waals surface area contributed by atoms with Gasteiger partial charge >= 0.3 is 20.3 Å². The predicted molar refractivity (Wildman–Crippen MR) is 155 cm³/mol. The number of ether oxygens (including phenoxy) is 1. The second-order valence-corrected chi connectivity index (χ2v) is 10.6. The summed E-state index contributed by atoms with van der Waals surface area (Å²) in [5.41, 5.74) is 2.28. The zero-order valence-corrected chi connectivity index (χ0v) is 23.2. The number of hydrogen-bond donors (Lipinski definition) is 4. The number of carbonyl (C=O) groups excluding carboxylic acids is 2. The van der Waals surface area contributed by atoms with Crippen molar-refractivity contribution in [3.63, 3.8) is 0 Å². The average molecular weight is 552 g/mol. The monoisotopic (exact) mass is 552 g/mol. The van der Waals surface area contributed by atoms with E-state index in [-0.39, 0.29) is 30.2 Å². The highest BCUT2D eigenvalue weighted by molar-refractivity contribution is 6.43. The van der Waals surface area contributed by atoms with Gasteiger partial charge in [0.1, 0.15) is 6.61 Å². The minimum absolute atomic E-state index is 0.0767. The van der Waals surface area contributed by atoms with Gasteiger partial charge in [0.05, 0.1) is 0 Å². The van der Waals surface area contributed by atoms with Crippen LogP contribution in [-0.2, 0) is 22.6 Å². The molecule has 0 bridgehead atoms. The number of aryl methyl sites for hydroxylation is 1. The Morgan fingerprint density at radius 1 is 0.700 bits per heavy atom. The maximum atomic E-state index is 12.1. The Bertz CT molecular complexity index is 998. The highest BCUT2D eigenvalue weighted by Crippen LogP contribution is 2.25. The largest absolute Gasteiger partial charge is 0.454 e. The first-order valence-electron chi connectivity index (χ1n) is 14.3. The number of amides is 2. The van der Waals surface area contributed by atoms with E-state index in [1.54, 1.807) is 4.90 Å². The molecule has 0 spiro atoms. The standard InChI is InChI=1S/C16H24BNO3.C13H18BNO4/c19-16(18-12-10-15(11-13-18)17(20)21)9-5-4-8-14-6-2-1-3-7-14;16-13(19-10-11-4-2-1-3-5-11)15-8-6-12(7-9-15)14(17)18/h1-3,6-7,15,20-21H,4-5,8-13H2;1-5,12,17-18H,6-10H2. The minimum Gasteiger partial charge on any atom is -0.445 e. The van der Waals surface area contributed by atoms with Crippen LogP contribution in [0.2, 0.25) is 11.6 Å². The normalized spacial score (nSPS) is 16.1. The smallest absolute Gasteiger partial charge is 0.445 e. The van der Waals surface area contributed by atoms with Crippen molar-refractivity contribution in [2.24, 2.45) is 0 Å². The molecular weight excluding hydrogens is 510 g/mol. The van der Waals surface area contributed by atoms with Crippen LogP contribution in [0.1, 0.15) is 56.1 Å².